The van der Waals surface area contributed by atoms with Crippen LogP contribution in [0.2, 0.25) is 0 Å². The highest BCUT2D eigenvalue weighted by atomic mass is 16.5. The Morgan fingerprint density at radius 2 is 1.96 bits per heavy atom. The number of ether oxygens (including phenoxy) is 2. The molecule has 26 heavy (non-hydrogen) atoms. The summed E-state index contributed by atoms with van der Waals surface area (Å²) in [5, 5.41) is 18.9. The third kappa shape index (κ3) is 4.72. The van der Waals surface area contributed by atoms with Crippen molar-refractivity contribution in [3.63, 3.8) is 0 Å². The van der Waals surface area contributed by atoms with Gasteiger partial charge in [0, 0.05) is 27.2 Å². The molecule has 7 heteroatoms. The van der Waals surface area contributed by atoms with Crippen LogP contribution in [0.1, 0.15) is 25.0 Å². The van der Waals surface area contributed by atoms with Gasteiger partial charge >= 0.3 is 0 Å². The van der Waals surface area contributed by atoms with Crippen LogP contribution in [-0.4, -0.2) is 62.9 Å². The zero-order valence-corrected chi connectivity index (χ0v) is 15.7. The third-order valence-electron chi connectivity index (χ3n) is 4.10. The van der Waals surface area contributed by atoms with E-state index < -0.39 is 5.60 Å². The second kappa shape index (κ2) is 8.18. The Labute approximate surface area is 154 Å². The van der Waals surface area contributed by atoms with Crippen LogP contribution in [0.15, 0.2) is 18.2 Å². The Kier molecular flexibility index (Phi) is 6.20. The van der Waals surface area contributed by atoms with Gasteiger partial charge in [-0.1, -0.05) is 6.07 Å². The van der Waals surface area contributed by atoms with Gasteiger partial charge in [0.2, 0.25) is 5.91 Å². The first kappa shape index (κ1) is 19.7. The SMILES string of the molecule is CN(C)C(=O)COCC1CN(c2c(C#N)cccc2C#N)CC(C)(C)O1. The molecule has 0 bridgehead atoms. The average Bonchev–Trinajstić information content (AvgIpc) is 2.59. The molecule has 1 heterocycles. The van der Waals surface area contributed by atoms with Gasteiger partial charge in [-0.05, 0) is 26.0 Å². The number of nitrogens with zero attached hydrogens (tertiary/aromatic N) is 4. The van der Waals surface area contributed by atoms with E-state index in [-0.39, 0.29) is 25.2 Å². The fourth-order valence-corrected chi connectivity index (χ4v) is 3.02. The highest BCUT2D eigenvalue weighted by Gasteiger charge is 2.35. The number of rotatable bonds is 5. The molecule has 0 saturated carbocycles. The zero-order valence-electron chi connectivity index (χ0n) is 15.7. The molecule has 1 aliphatic heterocycles. The number of hydrogen-bond donors (Lipinski definition) is 0. The molecule has 1 aliphatic rings. The Bertz CT molecular complexity index is 714. The number of carbonyl (C=O) groups excluding carboxylic acids is 1. The minimum atomic E-state index is -0.479. The van der Waals surface area contributed by atoms with Crippen LogP contribution in [0.5, 0.6) is 0 Å². The maximum atomic E-state index is 11.6. The quantitative estimate of drug-likeness (QED) is 0.795. The molecule has 1 atom stereocenters. The number of hydrogen-bond acceptors (Lipinski definition) is 6. The first-order valence-electron chi connectivity index (χ1n) is 8.41. The van der Waals surface area contributed by atoms with Gasteiger partial charge in [0.25, 0.3) is 0 Å². The van der Waals surface area contributed by atoms with Gasteiger partial charge in [0.1, 0.15) is 18.7 Å². The lowest BCUT2D eigenvalue weighted by atomic mass is 10.0. The molecule has 7 nitrogen and oxygen atoms in total. The lowest BCUT2D eigenvalue weighted by molar-refractivity contribution is -0.139. The van der Waals surface area contributed by atoms with Crippen LogP contribution in [0.3, 0.4) is 0 Å². The minimum absolute atomic E-state index is 0.00842. The van der Waals surface area contributed by atoms with Gasteiger partial charge in [-0.2, -0.15) is 10.5 Å². The maximum absolute atomic E-state index is 11.6. The van der Waals surface area contributed by atoms with E-state index in [2.05, 4.69) is 12.1 Å². The van der Waals surface area contributed by atoms with Crippen molar-refractivity contribution >= 4 is 11.6 Å². The van der Waals surface area contributed by atoms with Gasteiger partial charge < -0.3 is 19.3 Å². The molecule has 0 spiro atoms. The summed E-state index contributed by atoms with van der Waals surface area (Å²) in [5.41, 5.74) is 1.07. The van der Waals surface area contributed by atoms with Gasteiger partial charge in [0.05, 0.1) is 35.1 Å². The summed E-state index contributed by atoms with van der Waals surface area (Å²) in [6, 6.07) is 9.46. The van der Waals surface area contributed by atoms with E-state index in [0.717, 1.165) is 0 Å². The normalized spacial score (nSPS) is 18.7. The predicted octanol–water partition coefficient (Wildman–Crippen LogP) is 1.52. The van der Waals surface area contributed by atoms with Crippen molar-refractivity contribution < 1.29 is 14.3 Å². The Morgan fingerprint density at radius 1 is 1.35 bits per heavy atom. The Balaban J connectivity index is 2.17. The van der Waals surface area contributed by atoms with Crippen LogP contribution in [0.4, 0.5) is 5.69 Å². The van der Waals surface area contributed by atoms with Crippen LogP contribution >= 0.6 is 0 Å². The molecule has 0 aliphatic carbocycles. The lowest BCUT2D eigenvalue weighted by Crippen LogP contribution is -2.54. The standard InChI is InChI=1S/C19H24N4O3/c1-19(2)13-23(18-14(8-20)6-5-7-15(18)9-21)10-16(26-19)11-25-12-17(24)22(3)4/h5-7,16H,10-13H2,1-4H3. The molecule has 1 amide bonds. The summed E-state index contributed by atoms with van der Waals surface area (Å²) in [6.45, 7) is 5.19. The van der Waals surface area contributed by atoms with E-state index >= 15 is 0 Å². The molecule has 0 aromatic heterocycles. The second-order valence-corrected chi connectivity index (χ2v) is 7.11. The zero-order chi connectivity index (χ0) is 19.3. The number of anilines is 1. The molecule has 138 valence electrons. The highest BCUT2D eigenvalue weighted by molar-refractivity contribution is 5.76. The molecule has 1 saturated heterocycles. The smallest absolute Gasteiger partial charge is 0.248 e. The Hall–Kier alpha value is -2.61. The minimum Gasteiger partial charge on any atom is -0.369 e. The van der Waals surface area contributed by atoms with E-state index in [1.165, 1.54) is 4.90 Å². The monoisotopic (exact) mass is 356 g/mol. The number of morpholine rings is 1. The van der Waals surface area contributed by atoms with E-state index in [4.69, 9.17) is 9.47 Å². The number of likely N-dealkylation sites (N-methyl/N-ethyl adjacent to an activating group) is 1. The topological polar surface area (TPSA) is 89.6 Å². The number of amides is 1. The number of carbonyl (C=O) groups is 1. The van der Waals surface area contributed by atoms with Crippen molar-refractivity contribution in [3.05, 3.63) is 29.3 Å². The van der Waals surface area contributed by atoms with Gasteiger partial charge in [-0.25, -0.2) is 0 Å². The summed E-state index contributed by atoms with van der Waals surface area (Å²) in [4.78, 5) is 15.1. The molecule has 1 aromatic carbocycles. The summed E-state index contributed by atoms with van der Waals surface area (Å²) in [6.07, 6.45) is -0.271. The van der Waals surface area contributed by atoms with Crippen molar-refractivity contribution in [2.45, 2.75) is 25.6 Å². The predicted molar refractivity (Wildman–Crippen MR) is 96.6 cm³/mol. The van der Waals surface area contributed by atoms with Crippen molar-refractivity contribution in [2.75, 3.05) is 45.3 Å². The van der Waals surface area contributed by atoms with Gasteiger partial charge in [0.15, 0.2) is 0 Å². The van der Waals surface area contributed by atoms with E-state index in [1.54, 1.807) is 32.3 Å². The largest absolute Gasteiger partial charge is 0.369 e. The molecule has 0 radical (unpaired) electrons. The second-order valence-electron chi connectivity index (χ2n) is 7.11. The van der Waals surface area contributed by atoms with E-state index in [9.17, 15) is 15.3 Å². The number of para-hydroxylation sites is 1. The summed E-state index contributed by atoms with van der Waals surface area (Å²) >= 11 is 0. The average molecular weight is 356 g/mol. The van der Waals surface area contributed by atoms with E-state index in [1.807, 2.05) is 18.7 Å². The molecule has 0 N–H and O–H groups in total. The fourth-order valence-electron chi connectivity index (χ4n) is 3.02. The van der Waals surface area contributed by atoms with Crippen molar-refractivity contribution in [1.82, 2.24) is 4.90 Å². The molecule has 2 rings (SSSR count). The first-order chi connectivity index (χ1) is 12.3. The fraction of sp³-hybridized carbons (Fsp3) is 0.526. The summed E-state index contributed by atoms with van der Waals surface area (Å²) in [5.74, 6) is -0.112. The lowest BCUT2D eigenvalue weighted by Gasteiger charge is -2.44. The third-order valence-corrected chi connectivity index (χ3v) is 4.10. The van der Waals surface area contributed by atoms with E-state index in [0.29, 0.717) is 29.9 Å². The Morgan fingerprint density at radius 3 is 2.50 bits per heavy atom. The van der Waals surface area contributed by atoms with Crippen LogP contribution in [-0.2, 0) is 14.3 Å². The molecule has 1 unspecified atom stereocenters. The molecular weight excluding hydrogens is 332 g/mol. The van der Waals surface area contributed by atoms with Crippen LogP contribution in [0, 0.1) is 22.7 Å². The number of nitriles is 2. The van der Waals surface area contributed by atoms with Crippen LogP contribution < -0.4 is 4.90 Å². The summed E-state index contributed by atoms with van der Waals surface area (Å²) in [7, 11) is 3.35. The summed E-state index contributed by atoms with van der Waals surface area (Å²) < 4.78 is 11.6. The van der Waals surface area contributed by atoms with Crippen molar-refractivity contribution in [1.29, 1.82) is 10.5 Å². The van der Waals surface area contributed by atoms with Gasteiger partial charge in [-0.15, -0.1) is 0 Å². The molecule has 1 aromatic rings. The molecular formula is C19H24N4O3. The van der Waals surface area contributed by atoms with Crippen molar-refractivity contribution in [3.8, 4) is 12.1 Å². The maximum Gasteiger partial charge on any atom is 0.248 e. The van der Waals surface area contributed by atoms with Gasteiger partial charge in [-0.3, -0.25) is 4.79 Å². The number of benzene rings is 1. The van der Waals surface area contributed by atoms with Crippen LogP contribution in [0.25, 0.3) is 0 Å². The first-order valence-corrected chi connectivity index (χ1v) is 8.41. The molecule has 1 fully saturated rings. The highest BCUT2D eigenvalue weighted by Crippen LogP contribution is 2.31. The van der Waals surface area contributed by atoms with Crippen molar-refractivity contribution in [2.24, 2.45) is 0 Å².